The second-order valence-corrected chi connectivity index (χ2v) is 5.93. The van der Waals surface area contributed by atoms with Gasteiger partial charge in [-0.05, 0) is 50.1 Å². The third-order valence-electron chi connectivity index (χ3n) is 4.12. The average Bonchev–Trinajstić information content (AvgIpc) is 3.06. The molecule has 3 heterocycles. The van der Waals surface area contributed by atoms with Gasteiger partial charge in [-0.25, -0.2) is 0 Å². The van der Waals surface area contributed by atoms with Gasteiger partial charge >= 0.3 is 0 Å². The summed E-state index contributed by atoms with van der Waals surface area (Å²) in [5, 5.41) is 8.18. The van der Waals surface area contributed by atoms with E-state index >= 15 is 0 Å². The first-order valence-corrected chi connectivity index (χ1v) is 7.78. The van der Waals surface area contributed by atoms with Crippen LogP contribution in [0.25, 0.3) is 11.7 Å². The minimum atomic E-state index is 0.287. The van der Waals surface area contributed by atoms with Crippen LogP contribution in [0.15, 0.2) is 51.6 Å². The van der Waals surface area contributed by atoms with E-state index in [0.29, 0.717) is 30.0 Å². The van der Waals surface area contributed by atoms with Crippen molar-refractivity contribution in [3.05, 3.63) is 54.4 Å². The molecular formula is C17H18N4O2. The zero-order valence-electron chi connectivity index (χ0n) is 12.9. The van der Waals surface area contributed by atoms with Gasteiger partial charge in [0, 0.05) is 6.20 Å². The Kier molecular flexibility index (Phi) is 3.67. The Morgan fingerprint density at radius 3 is 2.83 bits per heavy atom. The Labute approximate surface area is 134 Å². The maximum atomic E-state index is 5.71. The molecule has 0 bridgehead atoms. The van der Waals surface area contributed by atoms with Crippen molar-refractivity contribution in [2.24, 2.45) is 5.92 Å². The van der Waals surface area contributed by atoms with Crippen LogP contribution in [0.4, 0.5) is 0 Å². The minimum Gasteiger partial charge on any atom is -0.459 e. The summed E-state index contributed by atoms with van der Waals surface area (Å²) in [6, 6.07) is 9.96. The van der Waals surface area contributed by atoms with E-state index in [9.17, 15) is 0 Å². The highest BCUT2D eigenvalue weighted by molar-refractivity contribution is 5.42. The van der Waals surface area contributed by atoms with Crippen LogP contribution in [0.1, 0.15) is 30.5 Å². The zero-order valence-corrected chi connectivity index (χ0v) is 12.9. The lowest BCUT2D eigenvalue weighted by Gasteiger charge is -2.26. The predicted octanol–water partition coefficient (Wildman–Crippen LogP) is 3.31. The first-order valence-electron chi connectivity index (χ1n) is 7.78. The second-order valence-electron chi connectivity index (χ2n) is 5.93. The van der Waals surface area contributed by atoms with Crippen molar-refractivity contribution < 1.29 is 8.83 Å². The zero-order chi connectivity index (χ0) is 15.6. The van der Waals surface area contributed by atoms with E-state index < -0.39 is 0 Å². The van der Waals surface area contributed by atoms with E-state index in [1.165, 1.54) is 12.8 Å². The van der Waals surface area contributed by atoms with Crippen LogP contribution in [-0.2, 0) is 6.54 Å². The smallest absolute Gasteiger partial charge is 0.283 e. The predicted molar refractivity (Wildman–Crippen MR) is 83.2 cm³/mol. The van der Waals surface area contributed by atoms with Crippen molar-refractivity contribution in [3.63, 3.8) is 0 Å². The van der Waals surface area contributed by atoms with Gasteiger partial charge in [0.15, 0.2) is 5.76 Å². The van der Waals surface area contributed by atoms with E-state index in [-0.39, 0.29) is 6.04 Å². The van der Waals surface area contributed by atoms with Crippen molar-refractivity contribution in [1.29, 1.82) is 0 Å². The summed E-state index contributed by atoms with van der Waals surface area (Å²) in [6.45, 7) is 0.589. The van der Waals surface area contributed by atoms with Crippen molar-refractivity contribution in [2.75, 3.05) is 7.05 Å². The molecule has 6 heteroatoms. The number of rotatable bonds is 6. The normalized spacial score (nSPS) is 15.9. The summed E-state index contributed by atoms with van der Waals surface area (Å²) in [5.74, 6) is 2.25. The highest BCUT2D eigenvalue weighted by Gasteiger charge is 2.36. The molecule has 0 unspecified atom stereocenters. The number of nitrogens with zero attached hydrogens (tertiary/aromatic N) is 4. The van der Waals surface area contributed by atoms with Gasteiger partial charge in [-0.3, -0.25) is 9.88 Å². The van der Waals surface area contributed by atoms with Crippen LogP contribution in [0.3, 0.4) is 0 Å². The molecule has 0 spiro atoms. The summed E-state index contributed by atoms with van der Waals surface area (Å²) in [6.07, 6.45) is 5.93. The first kappa shape index (κ1) is 14.1. The van der Waals surface area contributed by atoms with E-state index in [2.05, 4.69) is 33.2 Å². The molecule has 6 nitrogen and oxygen atoms in total. The van der Waals surface area contributed by atoms with Gasteiger partial charge in [-0.15, -0.1) is 10.2 Å². The van der Waals surface area contributed by atoms with Crippen LogP contribution in [0.5, 0.6) is 0 Å². The molecule has 0 saturated heterocycles. The SMILES string of the molecule is CN(Cc1nnc(-c2ccco2)o1)[C@@H](c1ccccn1)C1CC1. The number of hydrogen-bond donors (Lipinski definition) is 0. The lowest BCUT2D eigenvalue weighted by molar-refractivity contribution is 0.190. The molecule has 23 heavy (non-hydrogen) atoms. The highest BCUT2D eigenvalue weighted by atomic mass is 16.4. The molecule has 118 valence electrons. The first-order chi connectivity index (χ1) is 11.3. The Bertz CT molecular complexity index is 750. The van der Waals surface area contributed by atoms with E-state index in [1.54, 1.807) is 12.3 Å². The van der Waals surface area contributed by atoms with Gasteiger partial charge in [0.1, 0.15) is 0 Å². The summed E-state index contributed by atoms with van der Waals surface area (Å²) < 4.78 is 11.0. The molecule has 0 aromatic carbocycles. The Morgan fingerprint density at radius 1 is 1.22 bits per heavy atom. The maximum Gasteiger partial charge on any atom is 0.283 e. The molecular weight excluding hydrogens is 292 g/mol. The largest absolute Gasteiger partial charge is 0.459 e. The van der Waals surface area contributed by atoms with Crippen molar-refractivity contribution in [1.82, 2.24) is 20.1 Å². The molecule has 0 N–H and O–H groups in total. The fraction of sp³-hybridized carbons (Fsp3) is 0.353. The molecule has 1 aliphatic carbocycles. The van der Waals surface area contributed by atoms with E-state index in [1.807, 2.05) is 24.4 Å². The van der Waals surface area contributed by atoms with Crippen molar-refractivity contribution in [3.8, 4) is 11.7 Å². The molecule has 3 aromatic rings. The van der Waals surface area contributed by atoms with Crippen LogP contribution >= 0.6 is 0 Å². The Morgan fingerprint density at radius 2 is 2.13 bits per heavy atom. The Balaban J connectivity index is 1.51. The third kappa shape index (κ3) is 3.03. The molecule has 0 radical (unpaired) electrons. The average molecular weight is 310 g/mol. The molecule has 1 atom stereocenters. The number of furan rings is 1. The van der Waals surface area contributed by atoms with Crippen LogP contribution in [0.2, 0.25) is 0 Å². The summed E-state index contributed by atoms with van der Waals surface area (Å²) in [4.78, 5) is 6.76. The lowest BCUT2D eigenvalue weighted by atomic mass is 10.1. The number of hydrogen-bond acceptors (Lipinski definition) is 6. The standard InChI is InChI=1S/C17H18N4O2/c1-21(16(12-7-8-12)13-5-2-3-9-18-13)11-15-19-20-17(23-15)14-6-4-10-22-14/h2-6,9-10,12,16H,7-8,11H2,1H3/t16-/m1/s1. The molecule has 0 aliphatic heterocycles. The molecule has 0 amide bonds. The quantitative estimate of drug-likeness (QED) is 0.696. The van der Waals surface area contributed by atoms with E-state index in [4.69, 9.17) is 8.83 Å². The molecule has 1 aliphatic rings. The van der Waals surface area contributed by atoms with Crippen molar-refractivity contribution in [2.45, 2.75) is 25.4 Å². The van der Waals surface area contributed by atoms with Crippen molar-refractivity contribution >= 4 is 0 Å². The summed E-state index contributed by atoms with van der Waals surface area (Å²) in [7, 11) is 2.08. The second kappa shape index (κ2) is 5.96. The molecule has 3 aromatic heterocycles. The van der Waals surface area contributed by atoms with Gasteiger partial charge in [0.05, 0.1) is 24.5 Å². The molecule has 1 fully saturated rings. The van der Waals surface area contributed by atoms with Gasteiger partial charge in [0.25, 0.3) is 5.89 Å². The fourth-order valence-electron chi connectivity index (χ4n) is 2.92. The lowest BCUT2D eigenvalue weighted by Crippen LogP contribution is -2.26. The van der Waals surface area contributed by atoms with Crippen LogP contribution < -0.4 is 0 Å². The summed E-state index contributed by atoms with van der Waals surface area (Å²) >= 11 is 0. The van der Waals surface area contributed by atoms with Gasteiger partial charge in [-0.2, -0.15) is 0 Å². The monoisotopic (exact) mass is 310 g/mol. The molecule has 1 saturated carbocycles. The van der Waals surface area contributed by atoms with Gasteiger partial charge < -0.3 is 8.83 Å². The van der Waals surface area contributed by atoms with E-state index in [0.717, 1.165) is 5.69 Å². The third-order valence-corrected chi connectivity index (χ3v) is 4.12. The van der Waals surface area contributed by atoms with Gasteiger partial charge in [-0.1, -0.05) is 6.07 Å². The molecule has 4 rings (SSSR count). The topological polar surface area (TPSA) is 68.2 Å². The van der Waals surface area contributed by atoms with Crippen LogP contribution in [0, 0.1) is 5.92 Å². The minimum absolute atomic E-state index is 0.287. The summed E-state index contributed by atoms with van der Waals surface area (Å²) in [5.41, 5.74) is 1.10. The fourth-order valence-corrected chi connectivity index (χ4v) is 2.92. The van der Waals surface area contributed by atoms with Crippen LogP contribution in [-0.4, -0.2) is 27.1 Å². The maximum absolute atomic E-state index is 5.71. The number of pyridine rings is 1. The van der Waals surface area contributed by atoms with Gasteiger partial charge in [0.2, 0.25) is 5.89 Å². The highest BCUT2D eigenvalue weighted by Crippen LogP contribution is 2.43. The number of aromatic nitrogens is 3. The Hall–Kier alpha value is -2.47.